The number of carbonyl (C=O) groups is 1. The zero-order chi connectivity index (χ0) is 13.4. The fraction of sp³-hybridized carbons (Fsp3) is 0.500. The van der Waals surface area contributed by atoms with E-state index < -0.39 is 0 Å². The number of urea groups is 1. The quantitative estimate of drug-likeness (QED) is 0.722. The molecular formula is C14H23N3O. The molecule has 0 aliphatic heterocycles. The van der Waals surface area contributed by atoms with Gasteiger partial charge in [-0.3, -0.25) is 0 Å². The Bertz CT molecular complexity index is 352. The molecule has 1 rings (SSSR count). The van der Waals surface area contributed by atoms with Crippen molar-refractivity contribution in [3.63, 3.8) is 0 Å². The summed E-state index contributed by atoms with van der Waals surface area (Å²) in [4.78, 5) is 11.8. The van der Waals surface area contributed by atoms with E-state index in [2.05, 4.69) is 10.6 Å². The van der Waals surface area contributed by atoms with Crippen LogP contribution in [0.5, 0.6) is 0 Å². The summed E-state index contributed by atoms with van der Waals surface area (Å²) >= 11 is 0. The van der Waals surface area contributed by atoms with Crippen LogP contribution in [0.15, 0.2) is 30.3 Å². The fourth-order valence-electron chi connectivity index (χ4n) is 1.83. The van der Waals surface area contributed by atoms with Gasteiger partial charge >= 0.3 is 6.03 Å². The first-order chi connectivity index (χ1) is 8.65. The number of amides is 2. The minimum atomic E-state index is -0.291. The summed E-state index contributed by atoms with van der Waals surface area (Å²) in [5, 5.41) is 5.83. The fourth-order valence-corrected chi connectivity index (χ4v) is 1.83. The number of nitrogens with one attached hydrogen (secondary N) is 2. The molecule has 0 heterocycles. The van der Waals surface area contributed by atoms with Crippen molar-refractivity contribution in [2.24, 2.45) is 5.73 Å². The summed E-state index contributed by atoms with van der Waals surface area (Å²) in [7, 11) is 0. The number of hydrogen-bond acceptors (Lipinski definition) is 2. The standard InChI is InChI=1S/C14H23N3O/c1-3-14(4-2,11-15)17-13(18)16-10-12-8-6-5-7-9-12/h5-9H,3-4,10-11,15H2,1-2H3,(H2,16,17,18). The summed E-state index contributed by atoms with van der Waals surface area (Å²) in [6.07, 6.45) is 1.66. The van der Waals surface area contributed by atoms with Crippen LogP contribution in [0.1, 0.15) is 32.3 Å². The lowest BCUT2D eigenvalue weighted by Crippen LogP contribution is -2.55. The first-order valence-electron chi connectivity index (χ1n) is 6.46. The van der Waals surface area contributed by atoms with Crippen LogP contribution >= 0.6 is 0 Å². The highest BCUT2D eigenvalue weighted by Gasteiger charge is 2.25. The van der Waals surface area contributed by atoms with Gasteiger partial charge in [0.25, 0.3) is 0 Å². The molecule has 0 saturated carbocycles. The molecule has 0 aliphatic rings. The summed E-state index contributed by atoms with van der Waals surface area (Å²) < 4.78 is 0. The molecule has 4 heteroatoms. The van der Waals surface area contributed by atoms with Crippen LogP contribution in [0.3, 0.4) is 0 Å². The third kappa shape index (κ3) is 4.04. The molecule has 0 aromatic heterocycles. The van der Waals surface area contributed by atoms with Gasteiger partial charge in [0.2, 0.25) is 0 Å². The molecule has 0 radical (unpaired) electrons. The predicted molar refractivity (Wildman–Crippen MR) is 74.2 cm³/mol. The van der Waals surface area contributed by atoms with Gasteiger partial charge in [0.15, 0.2) is 0 Å². The van der Waals surface area contributed by atoms with Crippen molar-refractivity contribution < 1.29 is 4.79 Å². The van der Waals surface area contributed by atoms with E-state index in [1.54, 1.807) is 0 Å². The average molecular weight is 249 g/mol. The van der Waals surface area contributed by atoms with Crippen molar-refractivity contribution in [1.82, 2.24) is 10.6 Å². The van der Waals surface area contributed by atoms with Crippen molar-refractivity contribution in [3.05, 3.63) is 35.9 Å². The first kappa shape index (κ1) is 14.5. The third-order valence-electron chi connectivity index (χ3n) is 3.42. The van der Waals surface area contributed by atoms with Crippen LogP contribution in [-0.4, -0.2) is 18.1 Å². The van der Waals surface area contributed by atoms with Gasteiger partial charge in [0, 0.05) is 13.1 Å². The SMILES string of the molecule is CCC(CC)(CN)NC(=O)NCc1ccccc1. The molecule has 4 nitrogen and oxygen atoms in total. The molecule has 0 unspecified atom stereocenters. The van der Waals surface area contributed by atoms with E-state index in [-0.39, 0.29) is 11.6 Å². The van der Waals surface area contributed by atoms with Gasteiger partial charge in [-0.1, -0.05) is 44.2 Å². The Morgan fingerprint density at radius 3 is 2.33 bits per heavy atom. The molecule has 1 aromatic rings. The number of hydrogen-bond donors (Lipinski definition) is 3. The van der Waals surface area contributed by atoms with E-state index in [4.69, 9.17) is 5.73 Å². The summed E-state index contributed by atoms with van der Waals surface area (Å²) in [5.41, 5.74) is 6.53. The van der Waals surface area contributed by atoms with Crippen LogP contribution in [-0.2, 0) is 6.54 Å². The number of carbonyl (C=O) groups excluding carboxylic acids is 1. The van der Waals surface area contributed by atoms with E-state index in [0.717, 1.165) is 18.4 Å². The van der Waals surface area contributed by atoms with Crippen LogP contribution in [0.2, 0.25) is 0 Å². The minimum absolute atomic E-state index is 0.159. The Kier molecular flexibility index (Phi) is 5.65. The number of benzene rings is 1. The van der Waals surface area contributed by atoms with Gasteiger partial charge < -0.3 is 16.4 Å². The van der Waals surface area contributed by atoms with E-state index in [0.29, 0.717) is 13.1 Å². The van der Waals surface area contributed by atoms with Crippen molar-refractivity contribution in [3.8, 4) is 0 Å². The highest BCUT2D eigenvalue weighted by Crippen LogP contribution is 2.12. The van der Waals surface area contributed by atoms with Crippen LogP contribution in [0.4, 0.5) is 4.79 Å². The minimum Gasteiger partial charge on any atom is -0.334 e. The smallest absolute Gasteiger partial charge is 0.315 e. The molecule has 4 N–H and O–H groups in total. The summed E-state index contributed by atoms with van der Waals surface area (Å²) in [6, 6.07) is 9.67. The Morgan fingerprint density at radius 2 is 1.83 bits per heavy atom. The maximum atomic E-state index is 11.8. The van der Waals surface area contributed by atoms with Crippen LogP contribution < -0.4 is 16.4 Å². The van der Waals surface area contributed by atoms with Crippen molar-refractivity contribution in [1.29, 1.82) is 0 Å². The lowest BCUT2D eigenvalue weighted by molar-refractivity contribution is 0.221. The second-order valence-corrected chi connectivity index (χ2v) is 4.48. The van der Waals surface area contributed by atoms with Crippen molar-refractivity contribution in [2.75, 3.05) is 6.54 Å². The Morgan fingerprint density at radius 1 is 1.22 bits per heavy atom. The van der Waals surface area contributed by atoms with E-state index in [1.807, 2.05) is 44.2 Å². The van der Waals surface area contributed by atoms with Crippen LogP contribution in [0, 0.1) is 0 Å². The Hall–Kier alpha value is -1.55. The molecule has 18 heavy (non-hydrogen) atoms. The maximum Gasteiger partial charge on any atom is 0.315 e. The molecular weight excluding hydrogens is 226 g/mol. The second-order valence-electron chi connectivity index (χ2n) is 4.48. The molecule has 0 fully saturated rings. The summed E-state index contributed by atoms with van der Waals surface area (Å²) in [5.74, 6) is 0. The first-order valence-corrected chi connectivity index (χ1v) is 6.46. The van der Waals surface area contributed by atoms with Gasteiger partial charge in [0.05, 0.1) is 5.54 Å². The van der Waals surface area contributed by atoms with E-state index in [1.165, 1.54) is 0 Å². The van der Waals surface area contributed by atoms with Gasteiger partial charge in [0.1, 0.15) is 0 Å². The number of rotatable bonds is 6. The van der Waals surface area contributed by atoms with Crippen molar-refractivity contribution >= 4 is 6.03 Å². The predicted octanol–water partition coefficient (Wildman–Crippen LogP) is 2.00. The highest BCUT2D eigenvalue weighted by atomic mass is 16.2. The van der Waals surface area contributed by atoms with Gasteiger partial charge in [-0.05, 0) is 18.4 Å². The lowest BCUT2D eigenvalue weighted by atomic mass is 9.93. The molecule has 1 aromatic carbocycles. The molecule has 0 aliphatic carbocycles. The topological polar surface area (TPSA) is 67.1 Å². The molecule has 0 spiro atoms. The normalized spacial score (nSPS) is 11.1. The molecule has 0 saturated heterocycles. The molecule has 100 valence electrons. The lowest BCUT2D eigenvalue weighted by Gasteiger charge is -2.31. The molecule has 0 atom stereocenters. The summed E-state index contributed by atoms with van der Waals surface area (Å²) in [6.45, 7) is 5.06. The van der Waals surface area contributed by atoms with Gasteiger partial charge in [-0.25, -0.2) is 4.79 Å². The van der Waals surface area contributed by atoms with Gasteiger partial charge in [-0.15, -0.1) is 0 Å². The maximum absolute atomic E-state index is 11.8. The molecule has 2 amide bonds. The van der Waals surface area contributed by atoms with Crippen molar-refractivity contribution in [2.45, 2.75) is 38.8 Å². The third-order valence-corrected chi connectivity index (χ3v) is 3.42. The van der Waals surface area contributed by atoms with E-state index >= 15 is 0 Å². The molecule has 0 bridgehead atoms. The zero-order valence-electron chi connectivity index (χ0n) is 11.2. The number of nitrogens with two attached hydrogens (primary N) is 1. The average Bonchev–Trinajstić information content (AvgIpc) is 2.44. The van der Waals surface area contributed by atoms with Gasteiger partial charge in [-0.2, -0.15) is 0 Å². The monoisotopic (exact) mass is 249 g/mol. The van der Waals surface area contributed by atoms with E-state index in [9.17, 15) is 4.79 Å². The second kappa shape index (κ2) is 7.01. The van der Waals surface area contributed by atoms with Crippen LogP contribution in [0.25, 0.3) is 0 Å². The highest BCUT2D eigenvalue weighted by molar-refractivity contribution is 5.74. The Labute approximate surface area is 109 Å². The zero-order valence-corrected chi connectivity index (χ0v) is 11.2. The Balaban J connectivity index is 2.46. The largest absolute Gasteiger partial charge is 0.334 e.